The van der Waals surface area contributed by atoms with Crippen molar-refractivity contribution in [2.75, 3.05) is 14.1 Å². The van der Waals surface area contributed by atoms with Crippen LogP contribution < -0.4 is 0 Å². The van der Waals surface area contributed by atoms with Crippen LogP contribution in [0.25, 0.3) is 10.9 Å². The first-order valence-electron chi connectivity index (χ1n) is 5.00. The van der Waals surface area contributed by atoms with Gasteiger partial charge in [-0.05, 0) is 32.3 Å². The van der Waals surface area contributed by atoms with Crippen molar-refractivity contribution >= 4 is 10.9 Å². The van der Waals surface area contributed by atoms with Gasteiger partial charge in [-0.15, -0.1) is 0 Å². The van der Waals surface area contributed by atoms with Crippen molar-refractivity contribution < 1.29 is 5.11 Å². The molecule has 1 aromatic heterocycles. The van der Waals surface area contributed by atoms with E-state index in [2.05, 4.69) is 9.47 Å². The lowest BCUT2D eigenvalue weighted by atomic mass is 10.2. The summed E-state index contributed by atoms with van der Waals surface area (Å²) in [4.78, 5) is 2.12. The molecule has 0 radical (unpaired) electrons. The zero-order valence-corrected chi connectivity index (χ0v) is 9.36. The first-order chi connectivity index (χ1) is 7.09. The summed E-state index contributed by atoms with van der Waals surface area (Å²) < 4.78 is 2.12. The van der Waals surface area contributed by atoms with E-state index in [0.29, 0.717) is 5.75 Å². The van der Waals surface area contributed by atoms with E-state index < -0.39 is 0 Å². The third kappa shape index (κ3) is 1.70. The fraction of sp³-hybridized carbons (Fsp3) is 0.333. The van der Waals surface area contributed by atoms with Gasteiger partial charge in [-0.3, -0.25) is 0 Å². The maximum atomic E-state index is 9.72. The van der Waals surface area contributed by atoms with Gasteiger partial charge in [-0.1, -0.05) is 6.07 Å². The van der Waals surface area contributed by atoms with Crippen LogP contribution in [0.1, 0.15) is 5.69 Å². The summed E-state index contributed by atoms with van der Waals surface area (Å²) in [5.41, 5.74) is 2.28. The molecule has 3 heteroatoms. The van der Waals surface area contributed by atoms with E-state index in [1.54, 1.807) is 6.07 Å². The number of fused-ring (bicyclic) bond motifs is 1. The molecular weight excluding hydrogens is 188 g/mol. The number of hydrogen-bond acceptors (Lipinski definition) is 2. The molecule has 1 N–H and O–H groups in total. The zero-order valence-electron chi connectivity index (χ0n) is 9.36. The number of aryl methyl sites for hydroxylation is 1. The van der Waals surface area contributed by atoms with E-state index in [1.807, 2.05) is 39.3 Å². The molecule has 3 nitrogen and oxygen atoms in total. The number of phenolic OH excluding ortho intramolecular Hbond substituents is 1. The molecule has 0 aliphatic heterocycles. The van der Waals surface area contributed by atoms with Crippen LogP contribution in [0.2, 0.25) is 0 Å². The molecule has 0 aliphatic carbocycles. The second-order valence-corrected chi connectivity index (χ2v) is 4.14. The van der Waals surface area contributed by atoms with Crippen molar-refractivity contribution in [1.82, 2.24) is 9.47 Å². The highest BCUT2D eigenvalue weighted by molar-refractivity contribution is 5.87. The van der Waals surface area contributed by atoms with Crippen molar-refractivity contribution in [3.63, 3.8) is 0 Å². The average molecular weight is 204 g/mol. The van der Waals surface area contributed by atoms with E-state index in [-0.39, 0.29) is 0 Å². The predicted molar refractivity (Wildman–Crippen MR) is 62.0 cm³/mol. The third-order valence-corrected chi connectivity index (χ3v) is 2.64. The zero-order chi connectivity index (χ0) is 11.0. The molecule has 2 aromatic rings. The monoisotopic (exact) mass is 204 g/mol. The minimum atomic E-state index is 0.355. The van der Waals surface area contributed by atoms with Crippen LogP contribution in [0.15, 0.2) is 24.3 Å². The van der Waals surface area contributed by atoms with Crippen molar-refractivity contribution in [3.05, 3.63) is 30.0 Å². The maximum absolute atomic E-state index is 9.72. The smallest absolute Gasteiger partial charge is 0.124 e. The van der Waals surface area contributed by atoms with Crippen LogP contribution in [-0.4, -0.2) is 28.7 Å². The second-order valence-electron chi connectivity index (χ2n) is 4.14. The molecular formula is C12H16N2O. The number of rotatable bonds is 2. The van der Waals surface area contributed by atoms with Gasteiger partial charge in [0.1, 0.15) is 5.75 Å². The summed E-state index contributed by atoms with van der Waals surface area (Å²) in [7, 11) is 6.11. The SMILES string of the molecule is CN(C)Cc1cc2c(O)cccc2n1C. The van der Waals surface area contributed by atoms with Gasteiger partial charge in [-0.2, -0.15) is 0 Å². The molecule has 0 atom stereocenters. The lowest BCUT2D eigenvalue weighted by Crippen LogP contribution is -2.13. The third-order valence-electron chi connectivity index (χ3n) is 2.64. The molecule has 1 aromatic carbocycles. The Morgan fingerprint density at radius 2 is 2.07 bits per heavy atom. The van der Waals surface area contributed by atoms with Gasteiger partial charge in [0.2, 0.25) is 0 Å². The molecule has 15 heavy (non-hydrogen) atoms. The summed E-state index contributed by atoms with van der Waals surface area (Å²) in [6, 6.07) is 7.66. The van der Waals surface area contributed by atoms with Crippen molar-refractivity contribution in [1.29, 1.82) is 0 Å². The Morgan fingerprint density at radius 1 is 1.33 bits per heavy atom. The van der Waals surface area contributed by atoms with Crippen molar-refractivity contribution in [2.45, 2.75) is 6.54 Å². The predicted octanol–water partition coefficient (Wildman–Crippen LogP) is 1.95. The van der Waals surface area contributed by atoms with Crippen LogP contribution >= 0.6 is 0 Å². The Kier molecular flexibility index (Phi) is 2.40. The topological polar surface area (TPSA) is 28.4 Å². The van der Waals surface area contributed by atoms with Gasteiger partial charge in [0.15, 0.2) is 0 Å². The van der Waals surface area contributed by atoms with E-state index >= 15 is 0 Å². The number of nitrogens with zero attached hydrogens (tertiary/aromatic N) is 2. The summed E-state index contributed by atoms with van der Waals surface area (Å²) in [6.45, 7) is 0.880. The Balaban J connectivity index is 2.59. The molecule has 0 amide bonds. The fourth-order valence-electron chi connectivity index (χ4n) is 1.88. The molecule has 2 rings (SSSR count). The first-order valence-corrected chi connectivity index (χ1v) is 5.00. The van der Waals surface area contributed by atoms with Gasteiger partial charge >= 0.3 is 0 Å². The van der Waals surface area contributed by atoms with E-state index in [0.717, 1.165) is 17.4 Å². The standard InChI is InChI=1S/C12H16N2O/c1-13(2)8-9-7-10-11(14(9)3)5-4-6-12(10)15/h4-7,15H,8H2,1-3H3. The molecule has 0 fully saturated rings. The highest BCUT2D eigenvalue weighted by Crippen LogP contribution is 2.27. The number of hydrogen-bond donors (Lipinski definition) is 1. The number of aromatic hydroxyl groups is 1. The summed E-state index contributed by atoms with van der Waals surface area (Å²) in [5.74, 6) is 0.355. The minimum absolute atomic E-state index is 0.355. The Bertz CT molecular complexity index is 486. The fourth-order valence-corrected chi connectivity index (χ4v) is 1.88. The van der Waals surface area contributed by atoms with E-state index in [9.17, 15) is 5.11 Å². The summed E-state index contributed by atoms with van der Waals surface area (Å²) in [6.07, 6.45) is 0. The molecule has 0 saturated carbocycles. The molecule has 0 aliphatic rings. The Morgan fingerprint density at radius 3 is 2.67 bits per heavy atom. The van der Waals surface area contributed by atoms with Crippen LogP contribution in [0, 0.1) is 0 Å². The van der Waals surface area contributed by atoms with Crippen LogP contribution in [-0.2, 0) is 13.6 Å². The molecule has 0 unspecified atom stereocenters. The van der Waals surface area contributed by atoms with E-state index in [1.165, 1.54) is 5.69 Å². The van der Waals surface area contributed by atoms with Crippen molar-refractivity contribution in [3.8, 4) is 5.75 Å². The number of aromatic nitrogens is 1. The molecule has 80 valence electrons. The molecule has 1 heterocycles. The highest BCUT2D eigenvalue weighted by atomic mass is 16.3. The summed E-state index contributed by atoms with van der Waals surface area (Å²) >= 11 is 0. The Hall–Kier alpha value is -1.48. The van der Waals surface area contributed by atoms with Crippen LogP contribution in [0.3, 0.4) is 0 Å². The number of benzene rings is 1. The van der Waals surface area contributed by atoms with Gasteiger partial charge in [-0.25, -0.2) is 0 Å². The molecule has 0 spiro atoms. The second kappa shape index (κ2) is 3.59. The van der Waals surface area contributed by atoms with Crippen molar-refractivity contribution in [2.24, 2.45) is 7.05 Å². The first kappa shape index (κ1) is 10.1. The van der Waals surface area contributed by atoms with Gasteiger partial charge < -0.3 is 14.6 Å². The molecule has 0 saturated heterocycles. The molecule has 0 bridgehead atoms. The largest absolute Gasteiger partial charge is 0.507 e. The Labute approximate surface area is 89.5 Å². The van der Waals surface area contributed by atoms with Crippen LogP contribution in [0.4, 0.5) is 0 Å². The van der Waals surface area contributed by atoms with Gasteiger partial charge in [0.05, 0.1) is 5.52 Å². The number of phenols is 1. The normalized spacial score (nSPS) is 11.5. The lowest BCUT2D eigenvalue weighted by Gasteiger charge is -2.10. The maximum Gasteiger partial charge on any atom is 0.124 e. The van der Waals surface area contributed by atoms with Crippen LogP contribution in [0.5, 0.6) is 5.75 Å². The highest BCUT2D eigenvalue weighted by Gasteiger charge is 2.08. The van der Waals surface area contributed by atoms with E-state index in [4.69, 9.17) is 0 Å². The minimum Gasteiger partial charge on any atom is -0.507 e. The van der Waals surface area contributed by atoms with Gasteiger partial charge in [0, 0.05) is 24.7 Å². The quantitative estimate of drug-likeness (QED) is 0.809. The summed E-state index contributed by atoms with van der Waals surface area (Å²) in [5, 5.41) is 10.6. The lowest BCUT2D eigenvalue weighted by molar-refractivity contribution is 0.392. The average Bonchev–Trinajstić information content (AvgIpc) is 2.46. The van der Waals surface area contributed by atoms with Gasteiger partial charge in [0.25, 0.3) is 0 Å².